The first-order chi connectivity index (χ1) is 21.1. The normalized spacial score (nSPS) is 14.7. The van der Waals surface area contributed by atoms with Crippen molar-refractivity contribution in [3.05, 3.63) is 102 Å². The van der Waals surface area contributed by atoms with Gasteiger partial charge >= 0.3 is 6.09 Å². The second-order valence-electron chi connectivity index (χ2n) is 12.6. The highest BCUT2D eigenvalue weighted by Gasteiger charge is 2.43. The van der Waals surface area contributed by atoms with E-state index < -0.39 is 17.2 Å². The van der Waals surface area contributed by atoms with Crippen molar-refractivity contribution >= 4 is 17.6 Å². The number of para-hydroxylation sites is 1. The number of amides is 1. The largest absolute Gasteiger partial charge is 0.444 e. The highest BCUT2D eigenvalue weighted by atomic mass is 19.1. The number of benzene rings is 3. The summed E-state index contributed by atoms with van der Waals surface area (Å²) < 4.78 is 24.0. The maximum atomic E-state index is 16.4. The molecule has 2 N–H and O–H groups in total. The van der Waals surface area contributed by atoms with Crippen molar-refractivity contribution in [2.24, 2.45) is 0 Å². The molecule has 0 bridgehead atoms. The minimum atomic E-state index is -0.808. The molecule has 7 rings (SSSR count). The SMILES string of the molecule is Cc1ccccc1-c1nc2n(c1-c1ccc(C3(NC(=O)OC(C)(C)C)CCC3)c(F)c1)-c1cccnc1Nc1ccccc1-2. The Morgan fingerprint density at radius 3 is 2.45 bits per heavy atom. The van der Waals surface area contributed by atoms with E-state index in [1.807, 2.05) is 81.4 Å². The van der Waals surface area contributed by atoms with Crippen LogP contribution in [0.3, 0.4) is 0 Å². The van der Waals surface area contributed by atoms with Crippen molar-refractivity contribution in [1.82, 2.24) is 19.9 Å². The summed E-state index contributed by atoms with van der Waals surface area (Å²) >= 11 is 0. The lowest BCUT2D eigenvalue weighted by molar-refractivity contribution is 0.0373. The molecule has 1 aliphatic carbocycles. The van der Waals surface area contributed by atoms with Crippen LogP contribution in [0, 0.1) is 12.7 Å². The van der Waals surface area contributed by atoms with Crippen LogP contribution in [-0.4, -0.2) is 26.2 Å². The monoisotopic (exact) mass is 587 g/mol. The van der Waals surface area contributed by atoms with Gasteiger partial charge in [0, 0.05) is 28.5 Å². The number of carbonyl (C=O) groups is 1. The summed E-state index contributed by atoms with van der Waals surface area (Å²) in [7, 11) is 0. The summed E-state index contributed by atoms with van der Waals surface area (Å²) in [5.74, 6) is 1.03. The van der Waals surface area contributed by atoms with E-state index in [0.29, 0.717) is 29.8 Å². The molecule has 222 valence electrons. The van der Waals surface area contributed by atoms with Gasteiger partial charge < -0.3 is 15.4 Å². The zero-order valence-electron chi connectivity index (χ0n) is 25.2. The van der Waals surface area contributed by atoms with Gasteiger partial charge in [0.15, 0.2) is 5.82 Å². The number of pyridine rings is 1. The standard InChI is InChI=1S/C36H34FN5O2/c1-22-11-5-6-12-24(22)30-31(42-29-15-9-20-38-32(29)39-28-14-8-7-13-25(28)33(42)40-30)23-16-17-26(27(37)21-23)36(18-10-19-36)41-34(43)44-35(2,3)4/h5-9,11-17,20-21H,10,18-19H2,1-4H3,(H,38,39)(H,41,43). The molecule has 3 heterocycles. The van der Waals surface area contributed by atoms with Gasteiger partial charge in [-0.05, 0) is 82.9 Å². The highest BCUT2D eigenvalue weighted by Crippen LogP contribution is 2.47. The Kier molecular flexibility index (Phi) is 6.53. The van der Waals surface area contributed by atoms with E-state index in [2.05, 4.69) is 33.2 Å². The lowest BCUT2D eigenvalue weighted by Crippen LogP contribution is -2.52. The van der Waals surface area contributed by atoms with E-state index >= 15 is 4.39 Å². The van der Waals surface area contributed by atoms with Crippen molar-refractivity contribution in [3.63, 3.8) is 0 Å². The molecule has 44 heavy (non-hydrogen) atoms. The van der Waals surface area contributed by atoms with Crippen LogP contribution in [0.2, 0.25) is 0 Å². The molecule has 5 aromatic rings. The minimum absolute atomic E-state index is 0.386. The van der Waals surface area contributed by atoms with E-state index in [1.54, 1.807) is 18.3 Å². The quantitative estimate of drug-likeness (QED) is 0.216. The lowest BCUT2D eigenvalue weighted by Gasteiger charge is -2.43. The van der Waals surface area contributed by atoms with Gasteiger partial charge in [-0.1, -0.05) is 48.5 Å². The molecule has 0 spiro atoms. The lowest BCUT2D eigenvalue weighted by atomic mass is 9.71. The molecular formula is C36H34FN5O2. The molecule has 2 aliphatic rings. The third-order valence-corrected chi connectivity index (χ3v) is 8.43. The number of rotatable bonds is 4. The Hall–Kier alpha value is -4.98. The van der Waals surface area contributed by atoms with Crippen LogP contribution in [0.1, 0.15) is 51.2 Å². The number of hydrogen-bond donors (Lipinski definition) is 2. The van der Waals surface area contributed by atoms with E-state index in [0.717, 1.165) is 51.7 Å². The van der Waals surface area contributed by atoms with Crippen LogP contribution in [0.15, 0.2) is 85.1 Å². The van der Waals surface area contributed by atoms with Crippen LogP contribution in [0.5, 0.6) is 0 Å². The van der Waals surface area contributed by atoms with Gasteiger partial charge in [0.1, 0.15) is 17.2 Å². The number of alkyl carbamates (subject to hydrolysis) is 1. The van der Waals surface area contributed by atoms with Gasteiger partial charge in [-0.15, -0.1) is 0 Å². The van der Waals surface area contributed by atoms with Crippen LogP contribution >= 0.6 is 0 Å². The summed E-state index contributed by atoms with van der Waals surface area (Å²) in [5, 5.41) is 6.47. The number of aromatic nitrogens is 3. The van der Waals surface area contributed by atoms with Crippen LogP contribution in [0.4, 0.5) is 20.7 Å². The van der Waals surface area contributed by atoms with Gasteiger partial charge in [0.05, 0.1) is 28.3 Å². The third-order valence-electron chi connectivity index (χ3n) is 8.43. The smallest absolute Gasteiger partial charge is 0.408 e. The number of nitrogens with zero attached hydrogens (tertiary/aromatic N) is 3. The maximum absolute atomic E-state index is 16.4. The minimum Gasteiger partial charge on any atom is -0.444 e. The second-order valence-corrected chi connectivity index (χ2v) is 12.6. The highest BCUT2D eigenvalue weighted by molar-refractivity contribution is 5.91. The van der Waals surface area contributed by atoms with Crippen LogP contribution in [0.25, 0.3) is 39.6 Å². The molecule has 1 amide bonds. The number of nitrogens with one attached hydrogen (secondary N) is 2. The first-order valence-electron chi connectivity index (χ1n) is 15.0. The molecule has 1 saturated carbocycles. The number of aryl methyl sites for hydroxylation is 1. The zero-order chi connectivity index (χ0) is 30.6. The fourth-order valence-corrected chi connectivity index (χ4v) is 6.26. The fourth-order valence-electron chi connectivity index (χ4n) is 6.26. The molecule has 0 atom stereocenters. The van der Waals surface area contributed by atoms with E-state index in [4.69, 9.17) is 9.72 Å². The molecule has 2 aromatic heterocycles. The predicted molar refractivity (Wildman–Crippen MR) is 171 cm³/mol. The predicted octanol–water partition coefficient (Wildman–Crippen LogP) is 8.68. The van der Waals surface area contributed by atoms with Crippen LogP contribution < -0.4 is 10.6 Å². The Morgan fingerprint density at radius 2 is 1.75 bits per heavy atom. The topological polar surface area (TPSA) is 81.1 Å². The Morgan fingerprint density at radius 1 is 1.00 bits per heavy atom. The van der Waals surface area contributed by atoms with Gasteiger partial charge in [0.2, 0.25) is 0 Å². The Bertz CT molecular complexity index is 1920. The summed E-state index contributed by atoms with van der Waals surface area (Å²) in [6.07, 6.45) is 3.38. The molecule has 7 nitrogen and oxygen atoms in total. The van der Waals surface area contributed by atoms with E-state index in [9.17, 15) is 4.79 Å². The molecular weight excluding hydrogens is 553 g/mol. The van der Waals surface area contributed by atoms with E-state index in [-0.39, 0.29) is 5.82 Å². The third kappa shape index (κ3) is 4.71. The number of anilines is 2. The van der Waals surface area contributed by atoms with E-state index in [1.165, 1.54) is 0 Å². The van der Waals surface area contributed by atoms with Gasteiger partial charge in [-0.3, -0.25) is 4.57 Å². The summed E-state index contributed by atoms with van der Waals surface area (Å²) in [6, 6.07) is 25.3. The maximum Gasteiger partial charge on any atom is 0.408 e. The molecule has 0 radical (unpaired) electrons. The van der Waals surface area contributed by atoms with Crippen LogP contribution in [-0.2, 0) is 10.3 Å². The van der Waals surface area contributed by atoms with Crippen molar-refractivity contribution in [3.8, 4) is 39.6 Å². The molecule has 1 aliphatic heterocycles. The number of hydrogen-bond acceptors (Lipinski definition) is 5. The fraction of sp³-hybridized carbons (Fsp3) is 0.250. The first-order valence-corrected chi connectivity index (χ1v) is 15.0. The van der Waals surface area contributed by atoms with Gasteiger partial charge in [-0.2, -0.15) is 0 Å². The van der Waals surface area contributed by atoms with Gasteiger partial charge in [0.25, 0.3) is 0 Å². The first kappa shape index (κ1) is 27.8. The average molecular weight is 588 g/mol. The Balaban J connectivity index is 1.43. The summed E-state index contributed by atoms with van der Waals surface area (Å²) in [4.78, 5) is 22.7. The average Bonchev–Trinajstić information content (AvgIpc) is 3.29. The van der Waals surface area contributed by atoms with Crippen molar-refractivity contribution in [2.75, 3.05) is 5.32 Å². The number of halogens is 1. The molecule has 1 fully saturated rings. The molecule has 0 saturated heterocycles. The number of fused-ring (bicyclic) bond motifs is 5. The molecule has 8 heteroatoms. The van der Waals surface area contributed by atoms with Crippen molar-refractivity contribution in [1.29, 1.82) is 0 Å². The second kappa shape index (κ2) is 10.3. The summed E-state index contributed by atoms with van der Waals surface area (Å²) in [5.41, 5.74) is 5.82. The number of imidazole rings is 1. The Labute approximate surface area is 256 Å². The zero-order valence-corrected chi connectivity index (χ0v) is 25.2. The number of carbonyl (C=O) groups excluding carboxylic acids is 1. The van der Waals surface area contributed by atoms with Crippen molar-refractivity contribution < 1.29 is 13.9 Å². The van der Waals surface area contributed by atoms with Gasteiger partial charge in [-0.25, -0.2) is 19.2 Å². The molecule has 3 aromatic carbocycles. The van der Waals surface area contributed by atoms with Crippen molar-refractivity contribution in [2.45, 2.75) is 58.1 Å². The summed E-state index contributed by atoms with van der Waals surface area (Å²) in [6.45, 7) is 7.51. The number of ether oxygens (including phenoxy) is 1. The molecule has 0 unspecified atom stereocenters.